The number of hydrogen-bond acceptors (Lipinski definition) is 4. The van der Waals surface area contributed by atoms with Crippen LogP contribution in [0.1, 0.15) is 0 Å². The molecule has 0 aromatic heterocycles. The molecule has 0 amide bonds. The third-order valence-corrected chi connectivity index (χ3v) is 0. The first kappa shape index (κ1) is 375. The van der Waals surface area contributed by atoms with Crippen LogP contribution in [0.5, 0.6) is 0 Å². The van der Waals surface area contributed by atoms with Crippen molar-refractivity contribution >= 4 is 0 Å². The Morgan fingerprint density at radius 2 is 0.400 bits per heavy atom. The van der Waals surface area contributed by atoms with E-state index >= 15 is 0 Å². The Labute approximate surface area is 46.9 Å². The quantitative estimate of drug-likeness (QED) is 0.344. The fourth-order valence-electron chi connectivity index (χ4n) is 0. The fourth-order valence-corrected chi connectivity index (χ4v) is 0. The van der Waals surface area contributed by atoms with E-state index in [1.54, 1.807) is 0 Å². The van der Waals surface area contributed by atoms with E-state index in [1.807, 2.05) is 0 Å². The first-order valence-electron chi connectivity index (χ1n) is 0. The largest absolute Gasteiger partial charge is 4.00 e. The van der Waals surface area contributed by atoms with Crippen LogP contribution in [0.4, 0.5) is 0 Å². The first-order chi connectivity index (χ1) is 0. The molecular weight excluding hydrogens is 104 g/mol. The van der Waals surface area contributed by atoms with Crippen LogP contribution in [0.2, 0.25) is 0 Å². The Hall–Kier alpha value is 0.554. The van der Waals surface area contributed by atoms with Crippen molar-refractivity contribution in [1.29, 1.82) is 0 Å². The summed E-state index contributed by atoms with van der Waals surface area (Å²) in [6.45, 7) is 0. The molecule has 0 saturated heterocycles. The van der Waals surface area contributed by atoms with Crippen LogP contribution in [0.25, 0.3) is 0 Å². The predicted molar refractivity (Wildman–Crippen MR) is 20.1 cm³/mol. The number of rotatable bonds is 0. The molecule has 0 aliphatic heterocycles. The summed E-state index contributed by atoms with van der Waals surface area (Å²) in [5.74, 6) is 0. The minimum Gasteiger partial charge on any atom is -0.344 e. The van der Waals surface area contributed by atoms with E-state index in [-0.39, 0.29) is 46.3 Å². The average molecular weight is 116 g/mol. The zero-order chi connectivity index (χ0) is 0. The Kier molecular flexibility index (Phi) is 14000. The molecule has 0 spiro atoms. The van der Waals surface area contributed by atoms with Gasteiger partial charge in [0.25, 0.3) is 0 Å². The van der Waals surface area contributed by atoms with Gasteiger partial charge in [-0.05, 0) is 0 Å². The molecule has 0 saturated carbocycles. The molecular formula is H12N4Ti+4. The third kappa shape index (κ3) is 96.7. The maximum absolute atomic E-state index is 0. The normalized spacial score (nSPS) is 0. The fraction of sp³-hybridized carbons (Fsp3) is 0. The van der Waals surface area contributed by atoms with Gasteiger partial charge in [0.1, 0.15) is 0 Å². The van der Waals surface area contributed by atoms with Gasteiger partial charge in [-0.25, -0.2) is 0 Å². The van der Waals surface area contributed by atoms with Crippen molar-refractivity contribution in [2.24, 2.45) is 0 Å². The molecule has 0 aromatic rings. The standard InChI is InChI=1S/4H3N.Ti/h4*1H3;/q;;;;+4. The molecule has 0 bridgehead atoms. The first-order valence-corrected chi connectivity index (χ1v) is 0. The van der Waals surface area contributed by atoms with Gasteiger partial charge in [0, 0.05) is 0 Å². The van der Waals surface area contributed by atoms with Crippen LogP contribution in [-0.4, -0.2) is 0 Å². The maximum atomic E-state index is 0. The molecule has 5 heteroatoms. The van der Waals surface area contributed by atoms with Crippen molar-refractivity contribution in [3.63, 3.8) is 0 Å². The van der Waals surface area contributed by atoms with E-state index in [0.29, 0.717) is 0 Å². The molecule has 5 heavy (non-hydrogen) atoms. The maximum Gasteiger partial charge on any atom is 4.00 e. The summed E-state index contributed by atoms with van der Waals surface area (Å²) in [7, 11) is 0. The summed E-state index contributed by atoms with van der Waals surface area (Å²) in [5.41, 5.74) is 0. The van der Waals surface area contributed by atoms with Gasteiger partial charge in [-0.3, -0.25) is 0 Å². The zero-order valence-corrected chi connectivity index (χ0v) is 4.89. The summed E-state index contributed by atoms with van der Waals surface area (Å²) >= 11 is 0. The number of hydrogen-bond donors (Lipinski definition) is 4. The molecule has 12 N–H and O–H groups in total. The van der Waals surface area contributed by atoms with E-state index in [2.05, 4.69) is 0 Å². The van der Waals surface area contributed by atoms with Crippen LogP contribution >= 0.6 is 0 Å². The minimum atomic E-state index is 0. The average Bonchev–Trinajstić information content (AvgIpc) is 0. The summed E-state index contributed by atoms with van der Waals surface area (Å²) in [6.07, 6.45) is 0. The SMILES string of the molecule is N.N.N.N.[Ti+4]. The van der Waals surface area contributed by atoms with Crippen molar-refractivity contribution in [2.45, 2.75) is 0 Å². The topological polar surface area (TPSA) is 140 Å². The molecule has 0 atom stereocenters. The van der Waals surface area contributed by atoms with Crippen molar-refractivity contribution in [1.82, 2.24) is 24.6 Å². The van der Waals surface area contributed by atoms with Gasteiger partial charge < -0.3 is 24.6 Å². The third-order valence-electron chi connectivity index (χ3n) is 0. The van der Waals surface area contributed by atoms with Crippen LogP contribution in [0, 0.1) is 0 Å². The molecule has 0 rings (SSSR count). The van der Waals surface area contributed by atoms with Crippen LogP contribution in [0.15, 0.2) is 0 Å². The molecule has 0 aromatic carbocycles. The van der Waals surface area contributed by atoms with E-state index in [4.69, 9.17) is 0 Å². The molecule has 0 aliphatic carbocycles. The van der Waals surface area contributed by atoms with E-state index < -0.39 is 0 Å². The minimum absolute atomic E-state index is 0. The summed E-state index contributed by atoms with van der Waals surface area (Å²) in [6, 6.07) is 0. The van der Waals surface area contributed by atoms with E-state index in [1.165, 1.54) is 0 Å². The second kappa shape index (κ2) is 187. The molecule has 0 unspecified atom stereocenters. The summed E-state index contributed by atoms with van der Waals surface area (Å²) < 4.78 is 0. The Morgan fingerprint density at radius 1 is 0.400 bits per heavy atom. The second-order valence-corrected chi connectivity index (χ2v) is 0. The van der Waals surface area contributed by atoms with Crippen molar-refractivity contribution in [3.8, 4) is 0 Å². The van der Waals surface area contributed by atoms with Gasteiger partial charge in [0.2, 0.25) is 0 Å². The van der Waals surface area contributed by atoms with Gasteiger partial charge in [0.05, 0.1) is 0 Å². The van der Waals surface area contributed by atoms with E-state index in [0.717, 1.165) is 0 Å². The van der Waals surface area contributed by atoms with Crippen LogP contribution in [0.3, 0.4) is 0 Å². The van der Waals surface area contributed by atoms with Crippen LogP contribution < -0.4 is 24.6 Å². The van der Waals surface area contributed by atoms with E-state index in [9.17, 15) is 0 Å². The second-order valence-electron chi connectivity index (χ2n) is 0. The van der Waals surface area contributed by atoms with Gasteiger partial charge in [-0.15, -0.1) is 0 Å². The van der Waals surface area contributed by atoms with Crippen molar-refractivity contribution in [2.75, 3.05) is 0 Å². The molecule has 4 nitrogen and oxygen atoms in total. The Balaban J connectivity index is 0. The Bertz CT molecular complexity index is 3.61. The molecule has 0 fully saturated rings. The molecule has 32 valence electrons. The zero-order valence-electron chi connectivity index (χ0n) is 3.33. The van der Waals surface area contributed by atoms with Gasteiger partial charge in [-0.2, -0.15) is 0 Å². The summed E-state index contributed by atoms with van der Waals surface area (Å²) in [4.78, 5) is 0. The predicted octanol–water partition coefficient (Wildman–Crippen LogP) is 0.645. The van der Waals surface area contributed by atoms with Gasteiger partial charge >= 0.3 is 21.7 Å². The summed E-state index contributed by atoms with van der Waals surface area (Å²) in [5, 5.41) is 0. The Morgan fingerprint density at radius 3 is 0.400 bits per heavy atom. The molecule has 0 radical (unpaired) electrons. The smallest absolute Gasteiger partial charge is 0.344 e. The van der Waals surface area contributed by atoms with Gasteiger partial charge in [0.15, 0.2) is 0 Å². The monoisotopic (exact) mass is 116 g/mol. The van der Waals surface area contributed by atoms with Crippen LogP contribution in [-0.2, 0) is 21.7 Å². The molecule has 0 aliphatic rings. The molecule has 0 heterocycles. The van der Waals surface area contributed by atoms with Crippen molar-refractivity contribution < 1.29 is 21.7 Å². The van der Waals surface area contributed by atoms with Crippen molar-refractivity contribution in [3.05, 3.63) is 0 Å². The van der Waals surface area contributed by atoms with Gasteiger partial charge in [-0.1, -0.05) is 0 Å².